The number of carbonyl (C=O) groups is 2. The van der Waals surface area contributed by atoms with Crippen LogP contribution in [0.25, 0.3) is 0 Å². The Bertz CT molecular complexity index is 934. The molecule has 2 amide bonds. The zero-order valence-corrected chi connectivity index (χ0v) is 16.1. The first kappa shape index (κ1) is 18.6. The van der Waals surface area contributed by atoms with E-state index in [1.807, 2.05) is 24.3 Å². The van der Waals surface area contributed by atoms with Crippen molar-refractivity contribution in [2.75, 3.05) is 19.0 Å². The fraction of sp³-hybridized carbons (Fsp3) is 0.350. The third kappa shape index (κ3) is 3.75. The number of aromatic nitrogens is 1. The van der Waals surface area contributed by atoms with Gasteiger partial charge in [0, 0.05) is 17.0 Å². The predicted octanol–water partition coefficient (Wildman–Crippen LogP) is 3.06. The van der Waals surface area contributed by atoms with Gasteiger partial charge in [-0.15, -0.1) is 0 Å². The lowest BCUT2D eigenvalue weighted by molar-refractivity contribution is -0.117. The third-order valence-electron chi connectivity index (χ3n) is 5.09. The molecule has 0 bridgehead atoms. The number of cyclic esters (lactones) is 1. The number of alkyl carbamates (subject to hydrolysis) is 1. The molecule has 0 radical (unpaired) electrons. The molecule has 2 heterocycles. The van der Waals surface area contributed by atoms with Gasteiger partial charge in [-0.25, -0.2) is 4.79 Å². The fourth-order valence-electron chi connectivity index (χ4n) is 3.74. The number of nitrogens with zero attached hydrogens (tertiary/aromatic N) is 1. The number of halogens is 1. The number of methoxy groups -OCH3 is 1. The highest BCUT2D eigenvalue weighted by molar-refractivity contribution is 6.30. The molecule has 28 heavy (non-hydrogen) atoms. The number of carbonyl (C=O) groups excluding carboxylic acids is 2. The Morgan fingerprint density at radius 1 is 1.39 bits per heavy atom. The Labute approximate surface area is 167 Å². The average Bonchev–Trinajstić information content (AvgIpc) is 3.28. The molecule has 1 saturated heterocycles. The largest absolute Gasteiger partial charge is 0.481 e. The quantitative estimate of drug-likeness (QED) is 0.803. The average molecular weight is 402 g/mol. The van der Waals surface area contributed by atoms with Crippen LogP contribution in [0.3, 0.4) is 0 Å². The van der Waals surface area contributed by atoms with Crippen molar-refractivity contribution in [1.82, 2.24) is 10.3 Å². The Morgan fingerprint density at radius 2 is 2.25 bits per heavy atom. The maximum absolute atomic E-state index is 12.8. The van der Waals surface area contributed by atoms with Crippen molar-refractivity contribution in [3.8, 4) is 5.88 Å². The lowest BCUT2D eigenvalue weighted by Crippen LogP contribution is -2.28. The molecular weight excluding hydrogens is 382 g/mol. The van der Waals surface area contributed by atoms with Gasteiger partial charge in [0.05, 0.1) is 19.1 Å². The Morgan fingerprint density at radius 3 is 3.00 bits per heavy atom. The first-order valence-corrected chi connectivity index (χ1v) is 9.47. The molecule has 8 heteroatoms. The topological polar surface area (TPSA) is 89.6 Å². The summed E-state index contributed by atoms with van der Waals surface area (Å²) in [6, 6.07) is 9.12. The van der Waals surface area contributed by atoms with Crippen molar-refractivity contribution < 1.29 is 19.1 Å². The lowest BCUT2D eigenvalue weighted by Gasteiger charge is -2.15. The number of hydrogen-bond donors (Lipinski definition) is 2. The van der Waals surface area contributed by atoms with Gasteiger partial charge in [0.1, 0.15) is 12.4 Å². The second-order valence-corrected chi connectivity index (χ2v) is 7.37. The second kappa shape index (κ2) is 7.67. The van der Waals surface area contributed by atoms with Crippen LogP contribution in [-0.2, 0) is 22.4 Å². The number of hydrogen-bond acceptors (Lipinski definition) is 5. The van der Waals surface area contributed by atoms with Gasteiger partial charge in [0.15, 0.2) is 0 Å². The van der Waals surface area contributed by atoms with Crippen LogP contribution in [0.4, 0.5) is 10.6 Å². The molecular formula is C20H20ClN3O4. The van der Waals surface area contributed by atoms with Crippen molar-refractivity contribution in [2.45, 2.75) is 31.2 Å². The van der Waals surface area contributed by atoms with Crippen LogP contribution < -0.4 is 15.4 Å². The fourth-order valence-corrected chi connectivity index (χ4v) is 3.94. The summed E-state index contributed by atoms with van der Waals surface area (Å²) in [6.45, 7) is 0.311. The van der Waals surface area contributed by atoms with Gasteiger partial charge in [-0.05, 0) is 48.2 Å². The summed E-state index contributed by atoms with van der Waals surface area (Å²) in [5, 5.41) is 6.30. The first-order valence-electron chi connectivity index (χ1n) is 9.10. The van der Waals surface area contributed by atoms with Crippen molar-refractivity contribution in [2.24, 2.45) is 0 Å². The molecule has 0 spiro atoms. The number of anilines is 1. The normalized spacial score (nSPS) is 20.3. The highest BCUT2D eigenvalue weighted by Crippen LogP contribution is 2.35. The Kier molecular flexibility index (Phi) is 5.09. The molecule has 0 saturated carbocycles. The van der Waals surface area contributed by atoms with Gasteiger partial charge in [0.2, 0.25) is 11.8 Å². The van der Waals surface area contributed by atoms with Crippen LogP contribution in [0.15, 0.2) is 30.3 Å². The van der Waals surface area contributed by atoms with Crippen LogP contribution in [0.2, 0.25) is 5.02 Å². The molecule has 7 nitrogen and oxygen atoms in total. The number of ether oxygens (including phenoxy) is 2. The molecule has 2 aromatic rings. The molecule has 1 aliphatic heterocycles. The zero-order valence-electron chi connectivity index (χ0n) is 15.3. The summed E-state index contributed by atoms with van der Waals surface area (Å²) in [6.07, 6.45) is 1.70. The highest BCUT2D eigenvalue weighted by Gasteiger charge is 2.29. The number of amides is 2. The molecule has 146 valence electrons. The molecule has 1 fully saturated rings. The zero-order chi connectivity index (χ0) is 19.7. The van der Waals surface area contributed by atoms with Crippen LogP contribution in [0.5, 0.6) is 5.88 Å². The summed E-state index contributed by atoms with van der Waals surface area (Å²) in [5.74, 6) is 0.530. The van der Waals surface area contributed by atoms with Crippen LogP contribution >= 0.6 is 11.6 Å². The highest BCUT2D eigenvalue weighted by atomic mass is 35.5. The maximum atomic E-state index is 12.8. The van der Waals surface area contributed by atoms with Gasteiger partial charge in [-0.2, -0.15) is 4.98 Å². The molecule has 1 unspecified atom stereocenters. The van der Waals surface area contributed by atoms with Gasteiger partial charge in [-0.3, -0.25) is 4.79 Å². The molecule has 1 aromatic heterocycles. The van der Waals surface area contributed by atoms with E-state index in [4.69, 9.17) is 21.1 Å². The number of nitrogens with one attached hydrogen (secondary N) is 2. The summed E-state index contributed by atoms with van der Waals surface area (Å²) in [5.41, 5.74) is 2.97. The predicted molar refractivity (Wildman–Crippen MR) is 104 cm³/mol. The summed E-state index contributed by atoms with van der Waals surface area (Å²) < 4.78 is 10.3. The van der Waals surface area contributed by atoms with Crippen molar-refractivity contribution >= 4 is 29.4 Å². The first-order chi connectivity index (χ1) is 13.5. The van der Waals surface area contributed by atoms with E-state index in [9.17, 15) is 9.59 Å². The number of benzene rings is 1. The molecule has 4 rings (SSSR count). The van der Waals surface area contributed by atoms with Gasteiger partial charge in [-0.1, -0.05) is 17.7 Å². The van der Waals surface area contributed by atoms with Gasteiger partial charge in [0.25, 0.3) is 0 Å². The van der Waals surface area contributed by atoms with E-state index in [0.717, 1.165) is 29.5 Å². The third-order valence-corrected chi connectivity index (χ3v) is 5.32. The van der Waals surface area contributed by atoms with E-state index >= 15 is 0 Å². The number of fused-ring (bicyclic) bond motifs is 1. The maximum Gasteiger partial charge on any atom is 0.407 e. The van der Waals surface area contributed by atoms with Crippen LogP contribution in [0, 0.1) is 0 Å². The van der Waals surface area contributed by atoms with E-state index in [1.165, 1.54) is 7.11 Å². The Balaban J connectivity index is 1.46. The van der Waals surface area contributed by atoms with Gasteiger partial charge < -0.3 is 20.1 Å². The molecule has 1 aromatic carbocycles. The van der Waals surface area contributed by atoms with Crippen LogP contribution in [-0.4, -0.2) is 36.7 Å². The van der Waals surface area contributed by atoms with E-state index in [-0.39, 0.29) is 17.9 Å². The summed E-state index contributed by atoms with van der Waals surface area (Å²) in [7, 11) is 1.53. The van der Waals surface area contributed by atoms with Gasteiger partial charge >= 0.3 is 6.09 Å². The molecule has 1 aliphatic carbocycles. The Hall–Kier alpha value is -2.80. The summed E-state index contributed by atoms with van der Waals surface area (Å²) in [4.78, 5) is 28.3. The number of pyridine rings is 1. The number of rotatable bonds is 5. The lowest BCUT2D eigenvalue weighted by atomic mass is 10.0. The van der Waals surface area contributed by atoms with E-state index in [0.29, 0.717) is 29.7 Å². The minimum absolute atomic E-state index is 0.0974. The van der Waals surface area contributed by atoms with Crippen molar-refractivity contribution in [1.29, 1.82) is 0 Å². The summed E-state index contributed by atoms with van der Waals surface area (Å²) >= 11 is 6.04. The SMILES string of the molecule is COc1nc(NC(=O)C2CCc3cc(Cl)ccc32)ccc1C[C@H]1COC(=O)N1. The minimum Gasteiger partial charge on any atom is -0.481 e. The monoisotopic (exact) mass is 401 g/mol. The molecule has 2 atom stereocenters. The van der Waals surface area contributed by atoms with E-state index in [1.54, 1.807) is 6.07 Å². The van der Waals surface area contributed by atoms with E-state index in [2.05, 4.69) is 15.6 Å². The minimum atomic E-state index is -0.418. The van der Waals surface area contributed by atoms with E-state index < -0.39 is 6.09 Å². The standard InChI is InChI=1S/C20H20ClN3O4/c1-27-19-12(9-14-10-28-20(26)22-14)3-7-17(24-19)23-18(25)16-5-2-11-8-13(21)4-6-15(11)16/h3-4,6-8,14,16H,2,5,9-10H2,1H3,(H,22,26)(H,23,24,25)/t14-,16?/m0/s1. The molecule has 2 aliphatic rings. The smallest absolute Gasteiger partial charge is 0.407 e. The molecule has 2 N–H and O–H groups in total. The number of aryl methyl sites for hydroxylation is 1. The van der Waals surface area contributed by atoms with Crippen LogP contribution in [0.1, 0.15) is 29.0 Å². The van der Waals surface area contributed by atoms with Crippen molar-refractivity contribution in [3.63, 3.8) is 0 Å². The second-order valence-electron chi connectivity index (χ2n) is 6.93. The van der Waals surface area contributed by atoms with Crippen molar-refractivity contribution in [3.05, 3.63) is 52.0 Å².